The Kier molecular flexibility index (Phi) is 5.09. The van der Waals surface area contributed by atoms with E-state index in [0.717, 1.165) is 22.9 Å². The van der Waals surface area contributed by atoms with Crippen molar-refractivity contribution in [2.24, 2.45) is 0 Å². The van der Waals surface area contributed by atoms with Gasteiger partial charge in [0.2, 0.25) is 11.8 Å². The Labute approximate surface area is 157 Å². The Morgan fingerprint density at radius 3 is 2.41 bits per heavy atom. The molecule has 0 bridgehead atoms. The van der Waals surface area contributed by atoms with E-state index in [1.54, 1.807) is 12.1 Å². The van der Waals surface area contributed by atoms with Crippen LogP contribution in [0.2, 0.25) is 0 Å². The first-order valence-corrected chi connectivity index (χ1v) is 10.1. The number of rotatable bonds is 5. The van der Waals surface area contributed by atoms with Crippen LogP contribution < -0.4 is 5.32 Å². The molecular formula is C19H19N3O4S. The number of sulfone groups is 1. The van der Waals surface area contributed by atoms with Gasteiger partial charge in [-0.25, -0.2) is 8.42 Å². The van der Waals surface area contributed by atoms with Gasteiger partial charge in [0.15, 0.2) is 9.84 Å². The van der Waals surface area contributed by atoms with Crippen LogP contribution in [0.1, 0.15) is 16.7 Å². The van der Waals surface area contributed by atoms with Crippen molar-refractivity contribution in [1.29, 1.82) is 0 Å². The van der Waals surface area contributed by atoms with Gasteiger partial charge in [-0.3, -0.25) is 10.1 Å². The second kappa shape index (κ2) is 7.32. The van der Waals surface area contributed by atoms with Crippen molar-refractivity contribution in [3.05, 3.63) is 59.2 Å². The topological polar surface area (TPSA) is 102 Å². The Hall–Kier alpha value is -3.00. The lowest BCUT2D eigenvalue weighted by Crippen LogP contribution is -2.15. The third-order valence-electron chi connectivity index (χ3n) is 4.05. The first-order valence-electron chi connectivity index (χ1n) is 8.22. The predicted molar refractivity (Wildman–Crippen MR) is 101 cm³/mol. The summed E-state index contributed by atoms with van der Waals surface area (Å²) in [5.41, 5.74) is 3.67. The van der Waals surface area contributed by atoms with Crippen molar-refractivity contribution >= 4 is 21.8 Å². The van der Waals surface area contributed by atoms with Gasteiger partial charge in [0.25, 0.3) is 0 Å². The van der Waals surface area contributed by atoms with E-state index in [4.69, 9.17) is 4.42 Å². The van der Waals surface area contributed by atoms with Crippen LogP contribution in [-0.4, -0.2) is 30.8 Å². The number of aromatic nitrogens is 2. The molecule has 7 nitrogen and oxygen atoms in total. The summed E-state index contributed by atoms with van der Waals surface area (Å²) in [4.78, 5) is 12.4. The normalized spacial score (nSPS) is 11.4. The van der Waals surface area contributed by atoms with Crippen molar-refractivity contribution in [2.75, 3.05) is 11.6 Å². The fourth-order valence-corrected chi connectivity index (χ4v) is 3.25. The molecule has 0 radical (unpaired) electrons. The number of nitrogens with zero attached hydrogens (tertiary/aromatic N) is 2. The Morgan fingerprint density at radius 2 is 1.78 bits per heavy atom. The van der Waals surface area contributed by atoms with Crippen molar-refractivity contribution < 1.29 is 17.6 Å². The number of benzene rings is 2. The summed E-state index contributed by atoms with van der Waals surface area (Å²) in [6.07, 6.45) is 1.34. The summed E-state index contributed by atoms with van der Waals surface area (Å²) in [5, 5.41) is 10.3. The Morgan fingerprint density at radius 1 is 1.07 bits per heavy atom. The predicted octanol–water partition coefficient (Wildman–Crippen LogP) is 2.94. The zero-order valence-electron chi connectivity index (χ0n) is 15.2. The second-order valence-electron chi connectivity index (χ2n) is 6.36. The van der Waals surface area contributed by atoms with Crippen LogP contribution >= 0.6 is 0 Å². The van der Waals surface area contributed by atoms with Gasteiger partial charge in [-0.05, 0) is 49.2 Å². The Balaban J connectivity index is 1.69. The smallest absolute Gasteiger partial charge is 0.322 e. The first-order chi connectivity index (χ1) is 12.7. The minimum absolute atomic E-state index is 0.00745. The van der Waals surface area contributed by atoms with E-state index in [1.807, 2.05) is 32.0 Å². The number of hydrogen-bond donors (Lipinski definition) is 1. The molecule has 0 aliphatic rings. The zero-order valence-corrected chi connectivity index (χ0v) is 16.0. The van der Waals surface area contributed by atoms with E-state index < -0.39 is 9.84 Å². The van der Waals surface area contributed by atoms with Crippen LogP contribution in [0.3, 0.4) is 0 Å². The van der Waals surface area contributed by atoms with E-state index >= 15 is 0 Å². The van der Waals surface area contributed by atoms with Crippen LogP contribution in [-0.2, 0) is 21.1 Å². The standard InChI is InChI=1S/C19H19N3O4S/c1-12-4-5-15(13(2)10-12)11-17(23)20-19-22-21-18(26-19)14-6-8-16(9-7-14)27(3,24)25/h4-10H,11H2,1-3H3,(H,20,22,23). The van der Waals surface area contributed by atoms with Gasteiger partial charge >= 0.3 is 6.01 Å². The van der Waals surface area contributed by atoms with Gasteiger partial charge < -0.3 is 4.42 Å². The molecule has 0 saturated carbocycles. The average Bonchev–Trinajstić information content (AvgIpc) is 3.05. The van der Waals surface area contributed by atoms with Crippen molar-refractivity contribution in [3.63, 3.8) is 0 Å². The molecule has 0 fully saturated rings. The highest BCUT2D eigenvalue weighted by atomic mass is 32.2. The summed E-state index contributed by atoms with van der Waals surface area (Å²) in [6.45, 7) is 3.96. The number of carbonyl (C=O) groups excluding carboxylic acids is 1. The second-order valence-corrected chi connectivity index (χ2v) is 8.38. The van der Waals surface area contributed by atoms with Gasteiger partial charge in [-0.1, -0.05) is 28.9 Å². The maximum absolute atomic E-state index is 12.2. The molecule has 0 saturated heterocycles. The lowest BCUT2D eigenvalue weighted by Gasteiger charge is -2.06. The molecule has 2 aromatic carbocycles. The van der Waals surface area contributed by atoms with Crippen LogP contribution in [0.4, 0.5) is 6.01 Å². The molecule has 1 N–H and O–H groups in total. The summed E-state index contributed by atoms with van der Waals surface area (Å²) in [5.74, 6) is -0.0681. The van der Waals surface area contributed by atoms with Crippen LogP contribution in [0.15, 0.2) is 51.8 Å². The van der Waals surface area contributed by atoms with Gasteiger partial charge in [0.1, 0.15) is 0 Å². The first kappa shape index (κ1) is 18.8. The van der Waals surface area contributed by atoms with Crippen molar-refractivity contribution in [1.82, 2.24) is 10.2 Å². The molecular weight excluding hydrogens is 366 g/mol. The monoisotopic (exact) mass is 385 g/mol. The molecule has 8 heteroatoms. The van der Waals surface area contributed by atoms with E-state index in [0.29, 0.717) is 5.56 Å². The molecule has 27 heavy (non-hydrogen) atoms. The molecule has 140 valence electrons. The number of nitrogens with one attached hydrogen (secondary N) is 1. The third kappa shape index (κ3) is 4.59. The zero-order chi connectivity index (χ0) is 19.6. The molecule has 0 aliphatic carbocycles. The van der Waals surface area contributed by atoms with Crippen molar-refractivity contribution in [3.8, 4) is 11.5 Å². The molecule has 0 spiro atoms. The number of hydrogen-bond acceptors (Lipinski definition) is 6. The maximum Gasteiger partial charge on any atom is 0.322 e. The van der Waals surface area contributed by atoms with Crippen LogP contribution in [0.5, 0.6) is 0 Å². The van der Waals surface area contributed by atoms with E-state index in [2.05, 4.69) is 15.5 Å². The average molecular weight is 385 g/mol. The fourth-order valence-electron chi connectivity index (χ4n) is 2.62. The van der Waals surface area contributed by atoms with Gasteiger partial charge in [-0.2, -0.15) is 0 Å². The van der Waals surface area contributed by atoms with E-state index in [-0.39, 0.29) is 29.1 Å². The van der Waals surface area contributed by atoms with Gasteiger partial charge in [-0.15, -0.1) is 5.10 Å². The van der Waals surface area contributed by atoms with Gasteiger partial charge in [0, 0.05) is 11.8 Å². The SMILES string of the molecule is Cc1ccc(CC(=O)Nc2nnc(-c3ccc(S(C)(=O)=O)cc3)o2)c(C)c1. The summed E-state index contributed by atoms with van der Waals surface area (Å²) in [6, 6.07) is 12.0. The minimum atomic E-state index is -3.27. The largest absolute Gasteiger partial charge is 0.403 e. The molecule has 3 rings (SSSR count). The highest BCUT2D eigenvalue weighted by Crippen LogP contribution is 2.22. The molecule has 0 aliphatic heterocycles. The molecule has 0 atom stereocenters. The number of anilines is 1. The molecule has 1 amide bonds. The highest BCUT2D eigenvalue weighted by molar-refractivity contribution is 7.90. The van der Waals surface area contributed by atoms with Crippen molar-refractivity contribution in [2.45, 2.75) is 25.2 Å². The fraction of sp³-hybridized carbons (Fsp3) is 0.211. The molecule has 0 unspecified atom stereocenters. The van der Waals surface area contributed by atoms with Crippen LogP contribution in [0, 0.1) is 13.8 Å². The lowest BCUT2D eigenvalue weighted by atomic mass is 10.0. The maximum atomic E-state index is 12.2. The van der Waals surface area contributed by atoms with E-state index in [9.17, 15) is 13.2 Å². The number of aryl methyl sites for hydroxylation is 2. The highest BCUT2D eigenvalue weighted by Gasteiger charge is 2.14. The minimum Gasteiger partial charge on any atom is -0.403 e. The van der Waals surface area contributed by atoms with E-state index in [1.165, 1.54) is 12.1 Å². The summed E-state index contributed by atoms with van der Waals surface area (Å²) < 4.78 is 28.4. The quantitative estimate of drug-likeness (QED) is 0.724. The lowest BCUT2D eigenvalue weighted by molar-refractivity contribution is -0.115. The number of amides is 1. The Bertz CT molecular complexity index is 1090. The number of carbonyl (C=O) groups is 1. The molecule has 3 aromatic rings. The third-order valence-corrected chi connectivity index (χ3v) is 5.18. The van der Waals surface area contributed by atoms with Gasteiger partial charge in [0.05, 0.1) is 11.3 Å². The van der Waals surface area contributed by atoms with Crippen LogP contribution in [0.25, 0.3) is 11.5 Å². The molecule has 1 aromatic heterocycles. The summed E-state index contributed by atoms with van der Waals surface area (Å²) in [7, 11) is -3.27. The summed E-state index contributed by atoms with van der Waals surface area (Å²) >= 11 is 0. The molecule has 1 heterocycles.